The van der Waals surface area contributed by atoms with Crippen LogP contribution in [0.15, 0.2) is 35.7 Å². The molecule has 0 bridgehead atoms. The van der Waals surface area contributed by atoms with Crippen molar-refractivity contribution in [3.63, 3.8) is 0 Å². The van der Waals surface area contributed by atoms with Gasteiger partial charge in [0, 0.05) is 23.4 Å². The van der Waals surface area contributed by atoms with Gasteiger partial charge in [-0.25, -0.2) is 0 Å². The smallest absolute Gasteiger partial charge is 0.242 e. The lowest BCUT2D eigenvalue weighted by Gasteiger charge is -2.35. The highest BCUT2D eigenvalue weighted by atomic mass is 32.1. The molecule has 0 N–H and O–H groups in total. The highest BCUT2D eigenvalue weighted by molar-refractivity contribution is 7.09. The number of benzene rings is 1. The second-order valence-corrected chi connectivity index (χ2v) is 10.4. The summed E-state index contributed by atoms with van der Waals surface area (Å²) in [6, 6.07) is 10.2. The number of hydrogen-bond donors (Lipinski definition) is 0. The number of amides is 2. The third-order valence-corrected chi connectivity index (χ3v) is 7.79. The average molecular weight is 485 g/mol. The Labute approximate surface area is 206 Å². The fourth-order valence-electron chi connectivity index (χ4n) is 4.77. The minimum atomic E-state index is 0.0356. The summed E-state index contributed by atoms with van der Waals surface area (Å²) < 4.78 is 10.8. The molecule has 0 unspecified atom stereocenters. The molecule has 7 heteroatoms. The zero-order chi connectivity index (χ0) is 23.9. The van der Waals surface area contributed by atoms with Gasteiger partial charge in [-0.3, -0.25) is 9.59 Å². The molecule has 2 aliphatic rings. The van der Waals surface area contributed by atoms with E-state index in [4.69, 9.17) is 9.47 Å². The fraction of sp³-hybridized carbons (Fsp3) is 0.556. The molecule has 1 aromatic heterocycles. The van der Waals surface area contributed by atoms with Crippen LogP contribution >= 0.6 is 11.3 Å². The summed E-state index contributed by atoms with van der Waals surface area (Å²) in [5.41, 5.74) is 1.08. The standard InChI is InChI=1S/C27H36N2O4S/c1-32-24-13-10-20(17-25(24)33-2)14-15-28(18-23-9-6-16-34-23)26(30)19-29(27(31)21-11-12-21)22-7-4-3-5-8-22/h6,9-10,13,16-17,21-22H,3-5,7-8,11-12,14-15,18-19H2,1-2H3. The van der Waals surface area contributed by atoms with E-state index in [0.29, 0.717) is 31.0 Å². The van der Waals surface area contributed by atoms with Gasteiger partial charge in [0.15, 0.2) is 11.5 Å². The van der Waals surface area contributed by atoms with Crippen molar-refractivity contribution in [2.24, 2.45) is 5.92 Å². The quantitative estimate of drug-likeness (QED) is 0.455. The van der Waals surface area contributed by atoms with Crippen molar-refractivity contribution in [2.75, 3.05) is 27.3 Å². The molecular formula is C27H36N2O4S. The number of rotatable bonds is 11. The van der Waals surface area contributed by atoms with Crippen LogP contribution in [-0.2, 0) is 22.6 Å². The van der Waals surface area contributed by atoms with Gasteiger partial charge in [-0.15, -0.1) is 11.3 Å². The Morgan fingerprint density at radius 2 is 1.76 bits per heavy atom. The first-order valence-electron chi connectivity index (χ1n) is 12.4. The molecule has 2 aromatic rings. The van der Waals surface area contributed by atoms with Crippen LogP contribution in [0.1, 0.15) is 55.4 Å². The molecule has 0 atom stereocenters. The minimum absolute atomic E-state index is 0.0356. The maximum Gasteiger partial charge on any atom is 0.242 e. The van der Waals surface area contributed by atoms with Gasteiger partial charge in [-0.2, -0.15) is 0 Å². The summed E-state index contributed by atoms with van der Waals surface area (Å²) in [5, 5.41) is 2.04. The van der Waals surface area contributed by atoms with Crippen LogP contribution in [-0.4, -0.2) is 55.0 Å². The Kier molecular flexibility index (Phi) is 8.48. The van der Waals surface area contributed by atoms with Crippen LogP contribution in [0.2, 0.25) is 0 Å². The van der Waals surface area contributed by atoms with E-state index in [1.54, 1.807) is 25.6 Å². The summed E-state index contributed by atoms with van der Waals surface area (Å²) in [6.07, 6.45) is 8.19. The van der Waals surface area contributed by atoms with Gasteiger partial charge in [-0.1, -0.05) is 31.4 Å². The third kappa shape index (κ3) is 6.32. The van der Waals surface area contributed by atoms with Crippen molar-refractivity contribution in [3.05, 3.63) is 46.2 Å². The van der Waals surface area contributed by atoms with E-state index in [0.717, 1.165) is 49.0 Å². The molecular weight excluding hydrogens is 448 g/mol. The van der Waals surface area contributed by atoms with Crippen LogP contribution in [0.4, 0.5) is 0 Å². The highest BCUT2D eigenvalue weighted by Gasteiger charge is 2.38. The normalized spacial score (nSPS) is 16.2. The van der Waals surface area contributed by atoms with E-state index >= 15 is 0 Å². The predicted octanol–water partition coefficient (Wildman–Crippen LogP) is 4.91. The van der Waals surface area contributed by atoms with E-state index < -0.39 is 0 Å². The highest BCUT2D eigenvalue weighted by Crippen LogP contribution is 2.34. The van der Waals surface area contributed by atoms with Crippen molar-refractivity contribution < 1.29 is 19.1 Å². The lowest BCUT2D eigenvalue weighted by Crippen LogP contribution is -2.49. The van der Waals surface area contributed by atoms with Gasteiger partial charge in [0.05, 0.1) is 20.8 Å². The predicted molar refractivity (Wildman–Crippen MR) is 134 cm³/mol. The molecule has 2 amide bonds. The zero-order valence-corrected chi connectivity index (χ0v) is 21.1. The molecule has 0 saturated heterocycles. The Morgan fingerprint density at radius 1 is 1.00 bits per heavy atom. The van der Waals surface area contributed by atoms with Crippen LogP contribution < -0.4 is 9.47 Å². The van der Waals surface area contributed by atoms with Gasteiger partial charge in [0.2, 0.25) is 11.8 Å². The Hall–Kier alpha value is -2.54. The molecule has 6 nitrogen and oxygen atoms in total. The largest absolute Gasteiger partial charge is 0.493 e. The molecule has 2 saturated carbocycles. The first kappa shape index (κ1) is 24.6. The van der Waals surface area contributed by atoms with Gasteiger partial charge in [0.1, 0.15) is 6.54 Å². The number of ether oxygens (including phenoxy) is 2. The first-order chi connectivity index (χ1) is 16.6. The van der Waals surface area contributed by atoms with Gasteiger partial charge < -0.3 is 19.3 Å². The Bertz CT molecular complexity index is 952. The van der Waals surface area contributed by atoms with Gasteiger partial charge in [-0.05, 0) is 61.2 Å². The van der Waals surface area contributed by atoms with Gasteiger partial charge >= 0.3 is 0 Å². The number of nitrogens with zero attached hydrogens (tertiary/aromatic N) is 2. The number of carbonyl (C=O) groups is 2. The number of carbonyl (C=O) groups excluding carboxylic acids is 2. The molecule has 2 fully saturated rings. The molecule has 1 aromatic carbocycles. The van der Waals surface area contributed by atoms with Crippen molar-refractivity contribution in [1.29, 1.82) is 0 Å². The number of thiophene rings is 1. The van der Waals surface area contributed by atoms with Gasteiger partial charge in [0.25, 0.3) is 0 Å². The van der Waals surface area contributed by atoms with E-state index in [2.05, 4.69) is 6.07 Å². The van der Waals surface area contributed by atoms with Crippen LogP contribution in [0.3, 0.4) is 0 Å². The molecule has 4 rings (SSSR count). The molecule has 1 heterocycles. The molecule has 0 spiro atoms. The lowest BCUT2D eigenvalue weighted by atomic mass is 9.93. The van der Waals surface area contributed by atoms with E-state index in [9.17, 15) is 9.59 Å². The lowest BCUT2D eigenvalue weighted by molar-refractivity contribution is -0.144. The average Bonchev–Trinajstić information content (AvgIpc) is 3.60. The first-order valence-corrected chi connectivity index (χ1v) is 13.3. The molecule has 34 heavy (non-hydrogen) atoms. The zero-order valence-electron chi connectivity index (χ0n) is 20.3. The molecule has 184 valence electrons. The van der Waals surface area contributed by atoms with Crippen LogP contribution in [0.25, 0.3) is 0 Å². The Balaban J connectivity index is 1.47. The topological polar surface area (TPSA) is 59.1 Å². The van der Waals surface area contributed by atoms with Crippen molar-refractivity contribution in [2.45, 2.75) is 64.0 Å². The summed E-state index contributed by atoms with van der Waals surface area (Å²) in [7, 11) is 3.25. The van der Waals surface area contributed by atoms with E-state index in [1.807, 2.05) is 39.4 Å². The fourth-order valence-corrected chi connectivity index (χ4v) is 5.49. The maximum atomic E-state index is 13.6. The summed E-state index contributed by atoms with van der Waals surface area (Å²) in [6.45, 7) is 1.35. The van der Waals surface area contributed by atoms with Crippen molar-refractivity contribution >= 4 is 23.2 Å². The second-order valence-electron chi connectivity index (χ2n) is 9.37. The van der Waals surface area contributed by atoms with Crippen LogP contribution in [0.5, 0.6) is 11.5 Å². The maximum absolute atomic E-state index is 13.6. The number of hydrogen-bond acceptors (Lipinski definition) is 5. The monoisotopic (exact) mass is 484 g/mol. The summed E-state index contributed by atoms with van der Waals surface area (Å²) >= 11 is 1.66. The Morgan fingerprint density at radius 3 is 2.41 bits per heavy atom. The molecule has 2 aliphatic carbocycles. The van der Waals surface area contributed by atoms with Crippen molar-refractivity contribution in [3.8, 4) is 11.5 Å². The van der Waals surface area contributed by atoms with E-state index in [-0.39, 0.29) is 30.3 Å². The SMILES string of the molecule is COc1ccc(CCN(Cc2cccs2)C(=O)CN(C(=O)C2CC2)C2CCCCC2)cc1OC. The van der Waals surface area contributed by atoms with Crippen molar-refractivity contribution in [1.82, 2.24) is 9.80 Å². The third-order valence-electron chi connectivity index (χ3n) is 6.93. The van der Waals surface area contributed by atoms with Crippen LogP contribution in [0, 0.1) is 5.92 Å². The summed E-state index contributed by atoms with van der Waals surface area (Å²) in [5.74, 6) is 1.74. The molecule has 0 aliphatic heterocycles. The number of methoxy groups -OCH3 is 2. The molecule has 0 radical (unpaired) electrons. The minimum Gasteiger partial charge on any atom is -0.493 e. The summed E-state index contributed by atoms with van der Waals surface area (Å²) in [4.78, 5) is 31.7. The van der Waals surface area contributed by atoms with E-state index in [1.165, 1.54) is 6.42 Å². The second kappa shape index (κ2) is 11.7.